The molecule has 1 atom stereocenters. The second-order valence-electron chi connectivity index (χ2n) is 6.22. The maximum Gasteiger partial charge on any atom is 0.221 e. The molecule has 22 heavy (non-hydrogen) atoms. The van der Waals surface area contributed by atoms with Gasteiger partial charge in [-0.2, -0.15) is 0 Å². The summed E-state index contributed by atoms with van der Waals surface area (Å²) in [5.41, 5.74) is 1.03. The molecule has 1 aliphatic rings. The Morgan fingerprint density at radius 1 is 1.45 bits per heavy atom. The van der Waals surface area contributed by atoms with Crippen molar-refractivity contribution in [3.05, 3.63) is 34.9 Å². The van der Waals surface area contributed by atoms with Crippen LogP contribution < -0.4 is 5.32 Å². The van der Waals surface area contributed by atoms with Crippen LogP contribution in [-0.2, 0) is 11.3 Å². The highest BCUT2D eigenvalue weighted by atomic mass is 35.5. The number of halogens is 1. The van der Waals surface area contributed by atoms with E-state index in [4.69, 9.17) is 11.6 Å². The van der Waals surface area contributed by atoms with Gasteiger partial charge in [-0.05, 0) is 51.2 Å². The third-order valence-electron chi connectivity index (χ3n) is 4.24. The lowest BCUT2D eigenvalue weighted by molar-refractivity contribution is -0.121. The van der Waals surface area contributed by atoms with Gasteiger partial charge in [-0.3, -0.25) is 4.79 Å². The molecular weight excluding hydrogens is 298 g/mol. The van der Waals surface area contributed by atoms with E-state index in [1.807, 2.05) is 24.3 Å². The number of likely N-dealkylation sites (N-methyl/N-ethyl adjacent to an activating group) is 1. The van der Waals surface area contributed by atoms with E-state index in [9.17, 15) is 4.79 Å². The molecular formula is C17H26ClN3O. The number of benzene rings is 1. The Hall–Kier alpha value is -1.10. The number of hydrogen-bond donors (Lipinski definition) is 1. The van der Waals surface area contributed by atoms with Gasteiger partial charge in [0.15, 0.2) is 0 Å². The van der Waals surface area contributed by atoms with Crippen LogP contribution in [-0.4, -0.2) is 55.5 Å². The molecule has 1 amide bonds. The first-order chi connectivity index (χ1) is 10.5. The zero-order valence-corrected chi connectivity index (χ0v) is 14.3. The first kappa shape index (κ1) is 17.3. The average molecular weight is 324 g/mol. The summed E-state index contributed by atoms with van der Waals surface area (Å²) >= 11 is 5.94. The fourth-order valence-electron chi connectivity index (χ4n) is 2.85. The molecule has 1 aromatic rings. The summed E-state index contributed by atoms with van der Waals surface area (Å²) in [4.78, 5) is 16.7. The van der Waals surface area contributed by atoms with E-state index >= 15 is 0 Å². The molecule has 5 heteroatoms. The van der Waals surface area contributed by atoms with E-state index in [0.717, 1.165) is 25.2 Å². The maximum absolute atomic E-state index is 12.0. The molecule has 0 radical (unpaired) electrons. The Bertz CT molecular complexity index is 493. The van der Waals surface area contributed by atoms with Crippen LogP contribution in [0.2, 0.25) is 5.02 Å². The highest BCUT2D eigenvalue weighted by molar-refractivity contribution is 6.30. The summed E-state index contributed by atoms with van der Waals surface area (Å²) in [7, 11) is 4.26. The molecule has 0 saturated carbocycles. The number of hydrogen-bond acceptors (Lipinski definition) is 3. The number of carbonyl (C=O) groups excluding carboxylic acids is 1. The number of nitrogens with zero attached hydrogens (tertiary/aromatic N) is 2. The third kappa shape index (κ3) is 5.59. The van der Waals surface area contributed by atoms with Crippen molar-refractivity contribution in [2.45, 2.75) is 31.8 Å². The van der Waals surface area contributed by atoms with Crippen molar-refractivity contribution in [1.29, 1.82) is 0 Å². The van der Waals surface area contributed by atoms with Crippen molar-refractivity contribution < 1.29 is 4.79 Å². The van der Waals surface area contributed by atoms with Crippen molar-refractivity contribution >= 4 is 17.5 Å². The van der Waals surface area contributed by atoms with E-state index in [1.54, 1.807) is 0 Å². The second-order valence-corrected chi connectivity index (χ2v) is 6.65. The Labute approximate surface area is 138 Å². The minimum absolute atomic E-state index is 0.104. The van der Waals surface area contributed by atoms with Gasteiger partial charge in [-0.15, -0.1) is 0 Å². The van der Waals surface area contributed by atoms with Crippen molar-refractivity contribution in [1.82, 2.24) is 15.1 Å². The zero-order chi connectivity index (χ0) is 15.9. The van der Waals surface area contributed by atoms with Crippen molar-refractivity contribution in [2.75, 3.05) is 33.7 Å². The van der Waals surface area contributed by atoms with Crippen LogP contribution in [0.15, 0.2) is 24.3 Å². The normalized spacial score (nSPS) is 19.4. The molecule has 1 saturated heterocycles. The topological polar surface area (TPSA) is 35.6 Å². The summed E-state index contributed by atoms with van der Waals surface area (Å²) in [5, 5.41) is 3.67. The summed E-state index contributed by atoms with van der Waals surface area (Å²) in [6.45, 7) is 3.55. The molecule has 1 fully saturated rings. The lowest BCUT2D eigenvalue weighted by Crippen LogP contribution is -2.46. The fourth-order valence-corrected chi connectivity index (χ4v) is 3.06. The largest absolute Gasteiger partial charge is 0.352 e. The van der Waals surface area contributed by atoms with Gasteiger partial charge in [0.05, 0.1) is 0 Å². The monoisotopic (exact) mass is 323 g/mol. The van der Waals surface area contributed by atoms with Crippen LogP contribution in [0.1, 0.15) is 24.8 Å². The summed E-state index contributed by atoms with van der Waals surface area (Å²) in [6, 6.07) is 8.21. The van der Waals surface area contributed by atoms with Crippen LogP contribution in [0.3, 0.4) is 0 Å². The molecule has 1 heterocycles. The zero-order valence-electron chi connectivity index (χ0n) is 13.5. The quantitative estimate of drug-likeness (QED) is 0.873. The summed E-state index contributed by atoms with van der Waals surface area (Å²) < 4.78 is 0. The molecule has 4 nitrogen and oxygen atoms in total. The molecule has 1 N–H and O–H groups in total. The molecule has 0 bridgehead atoms. The van der Waals surface area contributed by atoms with Gasteiger partial charge in [0.1, 0.15) is 0 Å². The summed E-state index contributed by atoms with van der Waals surface area (Å²) in [5.74, 6) is 0.104. The van der Waals surface area contributed by atoms with Gasteiger partial charge < -0.3 is 15.1 Å². The number of carbonyl (C=O) groups is 1. The molecule has 2 rings (SSSR count). The molecule has 0 spiro atoms. The predicted molar refractivity (Wildman–Crippen MR) is 91.1 cm³/mol. The van der Waals surface area contributed by atoms with Gasteiger partial charge in [0, 0.05) is 37.1 Å². The molecule has 1 aromatic carbocycles. The minimum atomic E-state index is 0.104. The van der Waals surface area contributed by atoms with Crippen LogP contribution in [0.4, 0.5) is 0 Å². The van der Waals surface area contributed by atoms with Crippen molar-refractivity contribution in [3.8, 4) is 0 Å². The van der Waals surface area contributed by atoms with Crippen LogP contribution in [0.25, 0.3) is 0 Å². The highest BCUT2D eigenvalue weighted by Gasteiger charge is 2.21. The van der Waals surface area contributed by atoms with E-state index < -0.39 is 0 Å². The first-order valence-electron chi connectivity index (χ1n) is 7.94. The van der Waals surface area contributed by atoms with E-state index in [1.165, 1.54) is 12.8 Å². The lowest BCUT2D eigenvalue weighted by atomic mass is 10.0. The van der Waals surface area contributed by atoms with Crippen LogP contribution >= 0.6 is 11.6 Å². The Morgan fingerprint density at radius 3 is 3.00 bits per heavy atom. The predicted octanol–water partition coefficient (Wildman–Crippen LogP) is 2.37. The lowest BCUT2D eigenvalue weighted by Gasteiger charge is -2.36. The molecule has 1 aliphatic heterocycles. The van der Waals surface area contributed by atoms with Gasteiger partial charge in [0.2, 0.25) is 5.91 Å². The van der Waals surface area contributed by atoms with Gasteiger partial charge >= 0.3 is 0 Å². The summed E-state index contributed by atoms with van der Waals surface area (Å²) in [6.07, 6.45) is 3.03. The SMILES string of the molecule is CN(C)[C@@H]1CCCN(CCC(=O)NCc2cccc(Cl)c2)C1. The second kappa shape index (κ2) is 8.51. The number of piperidine rings is 1. The third-order valence-corrected chi connectivity index (χ3v) is 4.48. The Kier molecular flexibility index (Phi) is 6.68. The van der Waals surface area contributed by atoms with Crippen LogP contribution in [0.5, 0.6) is 0 Å². The van der Waals surface area contributed by atoms with Crippen LogP contribution in [0, 0.1) is 0 Å². The standard InChI is InChI=1S/C17H26ClN3O/c1-20(2)16-7-4-9-21(13-16)10-8-17(22)19-12-14-5-3-6-15(18)11-14/h3,5-6,11,16H,4,7-10,12-13H2,1-2H3,(H,19,22)/t16-/m1/s1. The van der Waals surface area contributed by atoms with Crippen molar-refractivity contribution in [2.24, 2.45) is 0 Å². The molecule has 0 aliphatic carbocycles. The Balaban J connectivity index is 1.69. The molecule has 0 aromatic heterocycles. The fraction of sp³-hybridized carbons (Fsp3) is 0.588. The van der Waals surface area contributed by atoms with E-state index in [-0.39, 0.29) is 5.91 Å². The average Bonchev–Trinajstić information content (AvgIpc) is 2.51. The molecule has 0 unspecified atom stereocenters. The maximum atomic E-state index is 12.0. The minimum Gasteiger partial charge on any atom is -0.352 e. The van der Waals surface area contributed by atoms with Gasteiger partial charge in [0.25, 0.3) is 0 Å². The number of likely N-dealkylation sites (tertiary alicyclic amines) is 1. The van der Waals surface area contributed by atoms with E-state index in [0.29, 0.717) is 24.0 Å². The number of rotatable bonds is 6. The highest BCUT2D eigenvalue weighted by Crippen LogP contribution is 2.14. The molecule has 122 valence electrons. The number of amides is 1. The Morgan fingerprint density at radius 2 is 2.27 bits per heavy atom. The number of nitrogens with one attached hydrogen (secondary N) is 1. The van der Waals surface area contributed by atoms with Crippen molar-refractivity contribution in [3.63, 3.8) is 0 Å². The smallest absolute Gasteiger partial charge is 0.221 e. The van der Waals surface area contributed by atoms with Gasteiger partial charge in [-0.1, -0.05) is 23.7 Å². The van der Waals surface area contributed by atoms with E-state index in [2.05, 4.69) is 29.2 Å². The first-order valence-corrected chi connectivity index (χ1v) is 8.32. The van der Waals surface area contributed by atoms with Gasteiger partial charge in [-0.25, -0.2) is 0 Å².